The standard InChI is InChI=1S/C18H19BrN2O3/c1-18(2,3)24-17(23)16-15(20)12(7-8-21-16)10-14(22)11-5-4-6-13(19)9-11/h4-9H,10,20H2,1-3H3. The molecule has 0 bridgehead atoms. The smallest absolute Gasteiger partial charge is 0.359 e. The largest absolute Gasteiger partial charge is 0.455 e. The summed E-state index contributed by atoms with van der Waals surface area (Å²) in [7, 11) is 0. The summed E-state index contributed by atoms with van der Waals surface area (Å²) in [6.45, 7) is 5.30. The van der Waals surface area contributed by atoms with Gasteiger partial charge in [0.25, 0.3) is 0 Å². The Morgan fingerprint density at radius 1 is 1.25 bits per heavy atom. The van der Waals surface area contributed by atoms with Gasteiger partial charge in [0.2, 0.25) is 0 Å². The number of ether oxygens (including phenoxy) is 1. The van der Waals surface area contributed by atoms with Crippen molar-refractivity contribution < 1.29 is 14.3 Å². The lowest BCUT2D eigenvalue weighted by Gasteiger charge is -2.20. The summed E-state index contributed by atoms with van der Waals surface area (Å²) in [5, 5.41) is 0. The van der Waals surface area contributed by atoms with Crippen LogP contribution in [-0.2, 0) is 11.2 Å². The van der Waals surface area contributed by atoms with Crippen molar-refractivity contribution in [3.63, 3.8) is 0 Å². The molecular weight excluding hydrogens is 372 g/mol. The second-order valence-corrected chi connectivity index (χ2v) is 7.26. The van der Waals surface area contributed by atoms with Gasteiger partial charge >= 0.3 is 5.97 Å². The molecule has 0 spiro atoms. The first kappa shape index (κ1) is 18.1. The molecule has 2 aromatic rings. The molecule has 0 radical (unpaired) electrons. The molecule has 6 heteroatoms. The van der Waals surface area contributed by atoms with Crippen molar-refractivity contribution in [1.82, 2.24) is 4.98 Å². The summed E-state index contributed by atoms with van der Waals surface area (Å²) >= 11 is 3.34. The molecule has 2 N–H and O–H groups in total. The Balaban J connectivity index is 2.24. The molecule has 0 unspecified atom stereocenters. The number of halogens is 1. The van der Waals surface area contributed by atoms with Gasteiger partial charge in [-0.15, -0.1) is 0 Å². The first-order valence-electron chi connectivity index (χ1n) is 7.43. The monoisotopic (exact) mass is 390 g/mol. The van der Waals surface area contributed by atoms with Gasteiger partial charge in [-0.3, -0.25) is 4.79 Å². The Labute approximate surface area is 149 Å². The van der Waals surface area contributed by atoms with Gasteiger partial charge in [0.15, 0.2) is 11.5 Å². The maximum absolute atomic E-state index is 12.4. The number of nitrogen functional groups attached to an aromatic ring is 1. The van der Waals surface area contributed by atoms with Crippen LogP contribution in [0.1, 0.15) is 47.2 Å². The van der Waals surface area contributed by atoms with Crippen molar-refractivity contribution in [2.45, 2.75) is 32.8 Å². The lowest BCUT2D eigenvalue weighted by Crippen LogP contribution is -2.25. The Morgan fingerprint density at radius 2 is 1.96 bits per heavy atom. The number of hydrogen-bond donors (Lipinski definition) is 1. The summed E-state index contributed by atoms with van der Waals surface area (Å²) in [4.78, 5) is 28.6. The fourth-order valence-corrected chi connectivity index (χ4v) is 2.49. The molecule has 1 heterocycles. The van der Waals surface area contributed by atoms with Crippen molar-refractivity contribution >= 4 is 33.4 Å². The normalized spacial score (nSPS) is 11.2. The molecule has 0 saturated heterocycles. The van der Waals surface area contributed by atoms with Crippen molar-refractivity contribution in [3.8, 4) is 0 Å². The molecule has 0 aliphatic carbocycles. The van der Waals surface area contributed by atoms with Crippen molar-refractivity contribution in [1.29, 1.82) is 0 Å². The Kier molecular flexibility index (Phi) is 5.39. The highest BCUT2D eigenvalue weighted by atomic mass is 79.9. The molecule has 0 aliphatic heterocycles. The third kappa shape index (κ3) is 4.64. The van der Waals surface area contributed by atoms with Gasteiger partial charge in [-0.1, -0.05) is 28.1 Å². The molecule has 2 rings (SSSR count). The number of rotatable bonds is 4. The number of nitrogens with zero attached hydrogens (tertiary/aromatic N) is 1. The van der Waals surface area contributed by atoms with Crippen LogP contribution in [0.5, 0.6) is 0 Å². The molecule has 1 aromatic heterocycles. The van der Waals surface area contributed by atoms with Gasteiger partial charge < -0.3 is 10.5 Å². The van der Waals surface area contributed by atoms with E-state index >= 15 is 0 Å². The van der Waals surface area contributed by atoms with E-state index in [0.717, 1.165) is 4.47 Å². The molecule has 126 valence electrons. The van der Waals surface area contributed by atoms with E-state index < -0.39 is 11.6 Å². The second-order valence-electron chi connectivity index (χ2n) is 6.34. The van der Waals surface area contributed by atoms with Gasteiger partial charge in [-0.2, -0.15) is 0 Å². The molecule has 0 fully saturated rings. The maximum Gasteiger partial charge on any atom is 0.359 e. The van der Waals surface area contributed by atoms with E-state index in [2.05, 4.69) is 20.9 Å². The average Bonchev–Trinajstić information content (AvgIpc) is 2.47. The fourth-order valence-electron chi connectivity index (χ4n) is 2.09. The number of aromatic nitrogens is 1. The van der Waals surface area contributed by atoms with Crippen LogP contribution in [0.2, 0.25) is 0 Å². The zero-order valence-corrected chi connectivity index (χ0v) is 15.4. The summed E-state index contributed by atoms with van der Waals surface area (Å²) in [5.74, 6) is -0.693. The predicted octanol–water partition coefficient (Wildman–Crippen LogP) is 3.81. The van der Waals surface area contributed by atoms with Gasteiger partial charge in [0.1, 0.15) is 5.60 Å². The summed E-state index contributed by atoms with van der Waals surface area (Å²) in [6, 6.07) is 8.75. The second kappa shape index (κ2) is 7.13. The van der Waals surface area contributed by atoms with E-state index in [1.165, 1.54) is 6.20 Å². The van der Waals surface area contributed by atoms with Crippen molar-refractivity contribution in [2.75, 3.05) is 5.73 Å². The maximum atomic E-state index is 12.4. The molecule has 0 saturated carbocycles. The third-order valence-corrected chi connectivity index (χ3v) is 3.66. The number of carbonyl (C=O) groups excluding carboxylic acids is 2. The molecule has 24 heavy (non-hydrogen) atoms. The van der Waals surface area contributed by atoms with E-state index in [4.69, 9.17) is 10.5 Å². The van der Waals surface area contributed by atoms with Crippen LogP contribution in [0.4, 0.5) is 5.69 Å². The number of Topliss-reactive ketones (excluding diaryl/α,β-unsaturated/α-hetero) is 1. The predicted molar refractivity (Wildman–Crippen MR) is 96.0 cm³/mol. The Bertz CT molecular complexity index is 782. The number of carbonyl (C=O) groups is 2. The minimum absolute atomic E-state index is 0.0319. The van der Waals surface area contributed by atoms with Crippen molar-refractivity contribution in [3.05, 3.63) is 57.8 Å². The van der Waals surface area contributed by atoms with Gasteiger partial charge in [0, 0.05) is 22.7 Å². The van der Waals surface area contributed by atoms with Crippen LogP contribution < -0.4 is 5.73 Å². The number of ketones is 1. The van der Waals surface area contributed by atoms with Crippen LogP contribution >= 0.6 is 15.9 Å². The van der Waals surface area contributed by atoms with Crippen molar-refractivity contribution in [2.24, 2.45) is 0 Å². The average molecular weight is 391 g/mol. The lowest BCUT2D eigenvalue weighted by atomic mass is 10.0. The van der Waals surface area contributed by atoms with E-state index in [0.29, 0.717) is 11.1 Å². The zero-order chi connectivity index (χ0) is 17.9. The highest BCUT2D eigenvalue weighted by molar-refractivity contribution is 9.10. The molecule has 0 atom stereocenters. The molecule has 1 aromatic carbocycles. The first-order chi connectivity index (χ1) is 11.2. The van der Waals surface area contributed by atoms with Crippen LogP contribution in [0.3, 0.4) is 0 Å². The molecular formula is C18H19BrN2O3. The SMILES string of the molecule is CC(C)(C)OC(=O)c1nccc(CC(=O)c2cccc(Br)c2)c1N. The Hall–Kier alpha value is -2.21. The van der Waals surface area contributed by atoms with E-state index in [9.17, 15) is 9.59 Å². The first-order valence-corrected chi connectivity index (χ1v) is 8.22. The highest BCUT2D eigenvalue weighted by Crippen LogP contribution is 2.21. The number of nitrogens with two attached hydrogens (primary N) is 1. The number of benzene rings is 1. The minimum Gasteiger partial charge on any atom is -0.455 e. The van der Waals surface area contributed by atoms with Crippen LogP contribution in [0.25, 0.3) is 0 Å². The lowest BCUT2D eigenvalue weighted by molar-refractivity contribution is 0.00639. The minimum atomic E-state index is -0.645. The van der Waals surface area contributed by atoms with Gasteiger partial charge in [0.05, 0.1) is 5.69 Å². The quantitative estimate of drug-likeness (QED) is 0.633. The summed E-state index contributed by atoms with van der Waals surface area (Å²) in [6.07, 6.45) is 1.54. The molecule has 5 nitrogen and oxygen atoms in total. The van der Waals surface area contributed by atoms with Crippen LogP contribution in [0, 0.1) is 0 Å². The van der Waals surface area contributed by atoms with E-state index in [1.807, 2.05) is 6.07 Å². The molecule has 0 amide bonds. The van der Waals surface area contributed by atoms with Crippen LogP contribution in [0.15, 0.2) is 41.0 Å². The highest BCUT2D eigenvalue weighted by Gasteiger charge is 2.22. The molecule has 0 aliphatic rings. The fraction of sp³-hybridized carbons (Fsp3) is 0.278. The number of pyridine rings is 1. The Morgan fingerprint density at radius 3 is 2.58 bits per heavy atom. The van der Waals surface area contributed by atoms with Gasteiger partial charge in [-0.25, -0.2) is 9.78 Å². The summed E-state index contributed by atoms with van der Waals surface area (Å²) < 4.78 is 6.12. The van der Waals surface area contributed by atoms with E-state index in [1.54, 1.807) is 45.0 Å². The number of esters is 1. The van der Waals surface area contributed by atoms with Crippen LogP contribution in [-0.4, -0.2) is 22.3 Å². The summed E-state index contributed by atoms with van der Waals surface area (Å²) in [5.41, 5.74) is 6.72. The van der Waals surface area contributed by atoms with Gasteiger partial charge in [-0.05, 0) is 44.5 Å². The van der Waals surface area contributed by atoms with E-state index in [-0.39, 0.29) is 23.6 Å². The third-order valence-electron chi connectivity index (χ3n) is 3.17. The topological polar surface area (TPSA) is 82.3 Å². The number of hydrogen-bond acceptors (Lipinski definition) is 5. The number of anilines is 1. The zero-order valence-electron chi connectivity index (χ0n) is 13.8.